The minimum atomic E-state index is -0.267. The molecule has 0 atom stereocenters. The number of pyridine rings is 1. The van der Waals surface area contributed by atoms with Crippen molar-refractivity contribution in [3.63, 3.8) is 0 Å². The Hall–Kier alpha value is -4.08. The smallest absolute Gasteiger partial charge is 0.0935 e. The number of hydrogen-bond acceptors (Lipinski definition) is 3. The van der Waals surface area contributed by atoms with Gasteiger partial charge < -0.3 is 0 Å². The Morgan fingerprint density at radius 3 is 1.92 bits per heavy atom. The van der Waals surface area contributed by atoms with Gasteiger partial charge in [0.15, 0.2) is 0 Å². The van der Waals surface area contributed by atoms with Gasteiger partial charge >= 0.3 is 0 Å². The predicted octanol–water partition coefficient (Wildman–Crippen LogP) is 9.56. The molecule has 2 nitrogen and oxygen atoms in total. The van der Waals surface area contributed by atoms with Crippen molar-refractivity contribution in [1.29, 1.82) is 0 Å². The number of benzene rings is 4. The maximum atomic E-state index is 5.00. The predicted molar refractivity (Wildman–Crippen MR) is 161 cm³/mol. The second-order valence-electron chi connectivity index (χ2n) is 10.5. The van der Waals surface area contributed by atoms with E-state index in [2.05, 4.69) is 123 Å². The molecule has 6 aromatic rings. The highest BCUT2D eigenvalue weighted by Crippen LogP contribution is 2.55. The van der Waals surface area contributed by atoms with E-state index in [0.29, 0.717) is 0 Å². The van der Waals surface area contributed by atoms with E-state index in [0.717, 1.165) is 11.9 Å². The van der Waals surface area contributed by atoms with Crippen LogP contribution in [0.2, 0.25) is 0 Å². The molecular formula is C35H28N2S. The van der Waals surface area contributed by atoms with Crippen molar-refractivity contribution >= 4 is 21.6 Å². The normalized spacial score (nSPS) is 13.4. The number of nitrogens with zero attached hydrogens (tertiary/aromatic N) is 2. The summed E-state index contributed by atoms with van der Waals surface area (Å²) in [6.07, 6.45) is 4.96. The number of fused-ring (bicyclic) bond motifs is 7. The lowest BCUT2D eigenvalue weighted by molar-refractivity contribution is 0.650. The van der Waals surface area contributed by atoms with Crippen LogP contribution in [0.4, 0.5) is 0 Å². The first kappa shape index (κ1) is 23.1. The highest BCUT2D eigenvalue weighted by Gasteiger charge is 2.37. The summed E-state index contributed by atoms with van der Waals surface area (Å²) in [5.74, 6) is 0. The van der Waals surface area contributed by atoms with E-state index in [1.807, 2.05) is 17.5 Å². The summed E-state index contributed by atoms with van der Waals surface area (Å²) in [5.41, 5.74) is 13.5. The van der Waals surface area contributed by atoms with E-state index in [-0.39, 0.29) is 5.41 Å². The Morgan fingerprint density at radius 2 is 1.29 bits per heavy atom. The topological polar surface area (TPSA) is 25.8 Å². The van der Waals surface area contributed by atoms with Crippen LogP contribution in [0.25, 0.3) is 54.7 Å². The first-order valence-corrected chi connectivity index (χ1v) is 14.1. The van der Waals surface area contributed by atoms with E-state index in [9.17, 15) is 0 Å². The lowest BCUT2D eigenvalue weighted by Crippen LogP contribution is -2.20. The average Bonchev–Trinajstić information content (AvgIpc) is 3.37. The van der Waals surface area contributed by atoms with Crippen LogP contribution in [0.1, 0.15) is 36.9 Å². The maximum absolute atomic E-state index is 5.00. The highest BCUT2D eigenvalue weighted by molar-refractivity contribution is 7.18. The second-order valence-corrected chi connectivity index (χ2v) is 11.6. The summed E-state index contributed by atoms with van der Waals surface area (Å²) in [7, 11) is 0. The molecule has 184 valence electrons. The van der Waals surface area contributed by atoms with Crippen LogP contribution in [0.15, 0.2) is 103 Å². The minimum Gasteiger partial charge on any atom is -0.264 e. The van der Waals surface area contributed by atoms with Gasteiger partial charge in [-0.1, -0.05) is 99.6 Å². The van der Waals surface area contributed by atoms with Crippen molar-refractivity contribution in [2.24, 2.45) is 0 Å². The SMILES string of the molecule is CCc1nc2ccc3c(c2s1)C(C)(C)c1cnccc1-c1c(-c2ccccc2)ccc(-c2ccccc2)c1-3. The fourth-order valence-corrected chi connectivity index (χ4v) is 7.35. The van der Waals surface area contributed by atoms with Crippen molar-refractivity contribution in [2.75, 3.05) is 0 Å². The van der Waals surface area contributed by atoms with Gasteiger partial charge in [-0.2, -0.15) is 0 Å². The van der Waals surface area contributed by atoms with Crippen molar-refractivity contribution in [3.8, 4) is 44.5 Å². The Kier molecular flexibility index (Phi) is 5.31. The van der Waals surface area contributed by atoms with Gasteiger partial charge in [-0.15, -0.1) is 11.3 Å². The standard InChI is InChI=1S/C35H28N2S/c1-4-30-37-29-18-17-27-32-25(23-13-9-6-10-14-23)16-15-24(22-11-7-5-8-12-22)31(32)26-19-20-36-21-28(26)35(2,3)33(27)34(29)38-30/h5-21H,4H2,1-3H3. The third-order valence-electron chi connectivity index (χ3n) is 7.94. The molecule has 3 heteroatoms. The largest absolute Gasteiger partial charge is 0.264 e. The Morgan fingerprint density at radius 1 is 0.684 bits per heavy atom. The van der Waals surface area contributed by atoms with Gasteiger partial charge in [0.1, 0.15) is 0 Å². The van der Waals surface area contributed by atoms with Crippen LogP contribution in [0.5, 0.6) is 0 Å². The number of rotatable bonds is 3. The summed E-state index contributed by atoms with van der Waals surface area (Å²) in [6, 6.07) is 32.9. The molecule has 2 heterocycles. The minimum absolute atomic E-state index is 0.267. The molecule has 4 aromatic carbocycles. The molecule has 0 amide bonds. The summed E-state index contributed by atoms with van der Waals surface area (Å²) in [5, 5.41) is 1.18. The molecule has 1 aliphatic carbocycles. The monoisotopic (exact) mass is 508 g/mol. The van der Waals surface area contributed by atoms with Gasteiger partial charge in [-0.25, -0.2) is 4.98 Å². The van der Waals surface area contributed by atoms with Crippen molar-refractivity contribution in [1.82, 2.24) is 9.97 Å². The van der Waals surface area contributed by atoms with Crippen LogP contribution >= 0.6 is 11.3 Å². The lowest BCUT2D eigenvalue weighted by atomic mass is 9.76. The zero-order chi connectivity index (χ0) is 25.9. The molecule has 38 heavy (non-hydrogen) atoms. The van der Waals surface area contributed by atoms with E-state index in [1.54, 1.807) is 0 Å². The zero-order valence-electron chi connectivity index (χ0n) is 21.8. The fraction of sp³-hybridized carbons (Fsp3) is 0.143. The van der Waals surface area contributed by atoms with Crippen LogP contribution in [-0.2, 0) is 11.8 Å². The summed E-state index contributed by atoms with van der Waals surface area (Å²) in [4.78, 5) is 9.65. The van der Waals surface area contributed by atoms with E-state index >= 15 is 0 Å². The molecule has 2 aromatic heterocycles. The van der Waals surface area contributed by atoms with E-state index in [4.69, 9.17) is 4.98 Å². The molecule has 0 bridgehead atoms. The number of aryl methyl sites for hydroxylation is 1. The summed E-state index contributed by atoms with van der Waals surface area (Å²) < 4.78 is 1.29. The Balaban J connectivity index is 1.72. The fourth-order valence-electron chi connectivity index (χ4n) is 6.14. The third kappa shape index (κ3) is 3.39. The van der Waals surface area contributed by atoms with Gasteiger partial charge in [0, 0.05) is 17.8 Å². The quantitative estimate of drug-likeness (QED) is 0.238. The second kappa shape index (κ2) is 8.75. The van der Waals surface area contributed by atoms with Crippen LogP contribution in [0.3, 0.4) is 0 Å². The molecule has 0 radical (unpaired) electrons. The third-order valence-corrected chi connectivity index (χ3v) is 9.17. The van der Waals surface area contributed by atoms with Crippen LogP contribution in [-0.4, -0.2) is 9.97 Å². The van der Waals surface area contributed by atoms with E-state index < -0.39 is 0 Å². The zero-order valence-corrected chi connectivity index (χ0v) is 22.6. The molecule has 0 spiro atoms. The van der Waals surface area contributed by atoms with Gasteiger partial charge in [0.05, 0.1) is 15.2 Å². The molecule has 0 saturated heterocycles. The lowest BCUT2D eigenvalue weighted by Gasteiger charge is -2.28. The summed E-state index contributed by atoms with van der Waals surface area (Å²) >= 11 is 1.84. The first-order valence-electron chi connectivity index (χ1n) is 13.2. The van der Waals surface area contributed by atoms with Crippen molar-refractivity contribution < 1.29 is 0 Å². The average molecular weight is 509 g/mol. The number of thiazole rings is 1. The maximum Gasteiger partial charge on any atom is 0.0935 e. The number of hydrogen-bond donors (Lipinski definition) is 0. The van der Waals surface area contributed by atoms with Crippen molar-refractivity contribution in [2.45, 2.75) is 32.6 Å². The molecule has 0 N–H and O–H groups in total. The van der Waals surface area contributed by atoms with Gasteiger partial charge in [-0.3, -0.25) is 4.98 Å². The highest BCUT2D eigenvalue weighted by atomic mass is 32.1. The Labute approximate surface area is 227 Å². The molecule has 0 saturated carbocycles. The molecule has 0 aliphatic heterocycles. The first-order chi connectivity index (χ1) is 18.6. The van der Waals surface area contributed by atoms with Crippen LogP contribution < -0.4 is 0 Å². The van der Waals surface area contributed by atoms with Crippen molar-refractivity contribution in [3.05, 3.63) is 120 Å². The van der Waals surface area contributed by atoms with Gasteiger partial charge in [0.2, 0.25) is 0 Å². The molecule has 7 rings (SSSR count). The molecule has 1 aliphatic rings. The Bertz CT molecular complexity index is 1810. The molecular weight excluding hydrogens is 480 g/mol. The molecule has 0 unspecified atom stereocenters. The van der Waals surface area contributed by atoms with Crippen LogP contribution in [0, 0.1) is 0 Å². The summed E-state index contributed by atoms with van der Waals surface area (Å²) in [6.45, 7) is 6.90. The van der Waals surface area contributed by atoms with E-state index in [1.165, 1.54) is 65.3 Å². The van der Waals surface area contributed by atoms with Gasteiger partial charge in [-0.05, 0) is 74.2 Å². The van der Waals surface area contributed by atoms with Gasteiger partial charge in [0.25, 0.3) is 0 Å². The molecule has 0 fully saturated rings. The number of aromatic nitrogens is 2.